The summed E-state index contributed by atoms with van der Waals surface area (Å²) in [5.41, 5.74) is -0.775. The predicted octanol–water partition coefficient (Wildman–Crippen LogP) is 3.72. The number of nitrogens with one attached hydrogen (secondary N) is 2. The summed E-state index contributed by atoms with van der Waals surface area (Å²) in [7, 11) is -3.51. The van der Waals surface area contributed by atoms with E-state index in [4.69, 9.17) is 4.74 Å². The van der Waals surface area contributed by atoms with Crippen molar-refractivity contribution in [1.29, 1.82) is 0 Å². The van der Waals surface area contributed by atoms with E-state index in [1.54, 1.807) is 20.8 Å². The molecule has 0 saturated carbocycles. The predicted molar refractivity (Wildman–Crippen MR) is 103 cm³/mol. The second kappa shape index (κ2) is 9.68. The van der Waals surface area contributed by atoms with Gasteiger partial charge in [0.15, 0.2) is 9.84 Å². The average Bonchev–Trinajstić information content (AvgIpc) is 2.48. The van der Waals surface area contributed by atoms with Gasteiger partial charge in [0.05, 0.1) is 11.4 Å². The number of benzene rings is 1. The van der Waals surface area contributed by atoms with Gasteiger partial charge in [-0.05, 0) is 45.4 Å². The first-order valence-electron chi connectivity index (χ1n) is 8.71. The van der Waals surface area contributed by atoms with E-state index in [9.17, 15) is 22.4 Å². The van der Waals surface area contributed by atoms with Crippen molar-refractivity contribution in [2.45, 2.75) is 52.6 Å². The molecule has 2 amide bonds. The van der Waals surface area contributed by atoms with Gasteiger partial charge in [-0.2, -0.15) is 0 Å². The highest BCUT2D eigenvalue weighted by molar-refractivity contribution is 7.92. The number of anilines is 2. The molecule has 0 aliphatic carbocycles. The SMILES string of the molecule is CCCCCS(=O)(=O)CC(=O)Nc1ccc(F)c(NC(=O)OC(C)(C)C)c1. The van der Waals surface area contributed by atoms with Gasteiger partial charge < -0.3 is 10.1 Å². The lowest BCUT2D eigenvalue weighted by Crippen LogP contribution is -2.27. The van der Waals surface area contributed by atoms with Crippen LogP contribution in [0.3, 0.4) is 0 Å². The molecular weight excluding hydrogens is 375 g/mol. The highest BCUT2D eigenvalue weighted by Crippen LogP contribution is 2.21. The van der Waals surface area contributed by atoms with Crippen LogP contribution in [-0.4, -0.2) is 37.5 Å². The number of hydrogen-bond acceptors (Lipinski definition) is 5. The zero-order valence-corrected chi connectivity index (χ0v) is 16.9. The molecule has 0 radical (unpaired) electrons. The van der Waals surface area contributed by atoms with Gasteiger partial charge in [-0.3, -0.25) is 10.1 Å². The smallest absolute Gasteiger partial charge is 0.412 e. The molecule has 0 atom stereocenters. The summed E-state index contributed by atoms with van der Waals surface area (Å²) >= 11 is 0. The van der Waals surface area contributed by atoms with E-state index in [-0.39, 0.29) is 17.1 Å². The molecular formula is C18H27FN2O5S. The summed E-state index contributed by atoms with van der Waals surface area (Å²) in [4.78, 5) is 23.7. The third-order valence-corrected chi connectivity index (χ3v) is 4.91. The fraction of sp³-hybridized carbons (Fsp3) is 0.556. The molecule has 7 nitrogen and oxygen atoms in total. The quantitative estimate of drug-likeness (QED) is 0.646. The van der Waals surface area contributed by atoms with Crippen LogP contribution in [0, 0.1) is 5.82 Å². The van der Waals surface area contributed by atoms with Gasteiger partial charge in [0.2, 0.25) is 5.91 Å². The molecule has 2 N–H and O–H groups in total. The van der Waals surface area contributed by atoms with Crippen molar-refractivity contribution in [1.82, 2.24) is 0 Å². The Bertz CT molecular complexity index is 772. The molecule has 0 aliphatic heterocycles. The number of sulfone groups is 1. The van der Waals surface area contributed by atoms with Crippen molar-refractivity contribution in [2.24, 2.45) is 0 Å². The first-order valence-corrected chi connectivity index (χ1v) is 10.5. The molecule has 0 aliphatic rings. The Morgan fingerprint density at radius 1 is 1.15 bits per heavy atom. The van der Waals surface area contributed by atoms with Gasteiger partial charge in [0.25, 0.3) is 0 Å². The molecule has 1 aromatic carbocycles. The minimum absolute atomic E-state index is 0.0525. The Kier molecular flexibility index (Phi) is 8.20. The van der Waals surface area contributed by atoms with Gasteiger partial charge >= 0.3 is 6.09 Å². The van der Waals surface area contributed by atoms with Gasteiger partial charge in [0, 0.05) is 5.69 Å². The number of ether oxygens (including phenoxy) is 1. The monoisotopic (exact) mass is 402 g/mol. The molecule has 27 heavy (non-hydrogen) atoms. The van der Waals surface area contributed by atoms with Crippen molar-refractivity contribution in [2.75, 3.05) is 22.1 Å². The topological polar surface area (TPSA) is 102 Å². The van der Waals surface area contributed by atoms with Gasteiger partial charge in [-0.25, -0.2) is 17.6 Å². The Balaban J connectivity index is 2.73. The normalized spacial score (nSPS) is 11.7. The van der Waals surface area contributed by atoms with E-state index in [2.05, 4.69) is 10.6 Å². The van der Waals surface area contributed by atoms with Crippen LogP contribution in [0.2, 0.25) is 0 Å². The standard InChI is InChI=1S/C18H27FN2O5S/c1-5-6-7-10-27(24,25)12-16(22)20-13-8-9-14(19)15(11-13)21-17(23)26-18(2,3)4/h8-9,11H,5-7,10,12H2,1-4H3,(H,20,22)(H,21,23). The average molecular weight is 402 g/mol. The number of amides is 2. The number of rotatable bonds is 8. The van der Waals surface area contributed by atoms with Gasteiger partial charge in [0.1, 0.15) is 17.2 Å². The van der Waals surface area contributed by atoms with Crippen LogP contribution < -0.4 is 10.6 Å². The van der Waals surface area contributed by atoms with Gasteiger partial charge in [-0.15, -0.1) is 0 Å². The van der Waals surface area contributed by atoms with Crippen molar-refractivity contribution in [3.05, 3.63) is 24.0 Å². The van der Waals surface area contributed by atoms with Crippen molar-refractivity contribution in [3.8, 4) is 0 Å². The van der Waals surface area contributed by atoms with E-state index in [0.717, 1.165) is 18.9 Å². The molecule has 0 aromatic heterocycles. The number of hydrogen-bond donors (Lipinski definition) is 2. The number of carbonyl (C=O) groups excluding carboxylic acids is 2. The first kappa shape index (κ1) is 22.9. The molecule has 0 fully saturated rings. The molecule has 0 spiro atoms. The Morgan fingerprint density at radius 3 is 2.41 bits per heavy atom. The van der Waals surface area contributed by atoms with E-state index < -0.39 is 39.0 Å². The van der Waals surface area contributed by atoms with E-state index in [1.165, 1.54) is 12.1 Å². The minimum Gasteiger partial charge on any atom is -0.444 e. The summed E-state index contributed by atoms with van der Waals surface area (Å²) in [5, 5.41) is 4.66. The molecule has 0 heterocycles. The maximum Gasteiger partial charge on any atom is 0.412 e. The lowest BCUT2D eigenvalue weighted by molar-refractivity contribution is -0.113. The maximum atomic E-state index is 13.9. The van der Waals surface area contributed by atoms with Crippen LogP contribution in [0.4, 0.5) is 20.6 Å². The molecule has 9 heteroatoms. The number of halogens is 1. The highest BCUT2D eigenvalue weighted by atomic mass is 32.2. The Labute approximate surface area is 159 Å². The second-order valence-corrected chi connectivity index (χ2v) is 9.35. The van der Waals surface area contributed by atoms with Crippen molar-refractivity contribution in [3.63, 3.8) is 0 Å². The number of unbranched alkanes of at least 4 members (excludes halogenated alkanes) is 2. The number of carbonyl (C=O) groups is 2. The van der Waals surface area contributed by atoms with Crippen LogP contribution in [0.15, 0.2) is 18.2 Å². The van der Waals surface area contributed by atoms with E-state index >= 15 is 0 Å². The lowest BCUT2D eigenvalue weighted by atomic mass is 10.2. The van der Waals surface area contributed by atoms with Crippen LogP contribution in [-0.2, 0) is 19.4 Å². The van der Waals surface area contributed by atoms with Crippen LogP contribution in [0.25, 0.3) is 0 Å². The molecule has 152 valence electrons. The maximum absolute atomic E-state index is 13.9. The van der Waals surface area contributed by atoms with E-state index in [0.29, 0.717) is 6.42 Å². The summed E-state index contributed by atoms with van der Waals surface area (Å²) in [5.74, 6) is -2.14. The highest BCUT2D eigenvalue weighted by Gasteiger charge is 2.19. The zero-order valence-electron chi connectivity index (χ0n) is 16.1. The van der Waals surface area contributed by atoms with Crippen LogP contribution in [0.5, 0.6) is 0 Å². The largest absolute Gasteiger partial charge is 0.444 e. The first-order chi connectivity index (χ1) is 12.4. The summed E-state index contributed by atoms with van der Waals surface area (Å²) in [6, 6.07) is 3.52. The molecule has 0 saturated heterocycles. The second-order valence-electron chi connectivity index (χ2n) is 7.17. The fourth-order valence-electron chi connectivity index (χ4n) is 2.15. The third kappa shape index (κ3) is 9.37. The molecule has 0 bridgehead atoms. The van der Waals surface area contributed by atoms with Crippen LogP contribution >= 0.6 is 0 Å². The zero-order chi connectivity index (χ0) is 20.7. The Hall–Kier alpha value is -2.16. The summed E-state index contributed by atoms with van der Waals surface area (Å²) in [6.07, 6.45) is 1.32. The minimum atomic E-state index is -3.51. The van der Waals surface area contributed by atoms with Crippen molar-refractivity contribution >= 4 is 33.2 Å². The molecule has 0 unspecified atom stereocenters. The fourth-order valence-corrected chi connectivity index (χ4v) is 3.41. The third-order valence-electron chi connectivity index (χ3n) is 3.30. The molecule has 1 aromatic rings. The summed E-state index contributed by atoms with van der Waals surface area (Å²) in [6.45, 7) is 6.96. The van der Waals surface area contributed by atoms with Gasteiger partial charge in [-0.1, -0.05) is 19.8 Å². The Morgan fingerprint density at radius 2 is 1.81 bits per heavy atom. The lowest BCUT2D eigenvalue weighted by Gasteiger charge is -2.20. The van der Waals surface area contributed by atoms with Crippen LogP contribution in [0.1, 0.15) is 47.0 Å². The van der Waals surface area contributed by atoms with E-state index in [1.807, 2.05) is 6.92 Å². The van der Waals surface area contributed by atoms with Crippen molar-refractivity contribution < 1.29 is 27.1 Å². The molecule has 1 rings (SSSR count). The summed E-state index contributed by atoms with van der Waals surface area (Å²) < 4.78 is 42.7.